The van der Waals surface area contributed by atoms with Gasteiger partial charge in [0, 0.05) is 31.6 Å². The maximum absolute atomic E-state index is 12.9. The maximum atomic E-state index is 12.9. The molecule has 1 aromatic heterocycles. The minimum atomic E-state index is -1.08. The van der Waals surface area contributed by atoms with Crippen LogP contribution in [0.1, 0.15) is 65.9 Å². The molecule has 2 aromatic rings. The van der Waals surface area contributed by atoms with Crippen LogP contribution in [-0.2, 0) is 20.9 Å². The number of imide groups is 1. The number of fused-ring (bicyclic) bond motifs is 1. The zero-order valence-electron chi connectivity index (χ0n) is 20.1. The third kappa shape index (κ3) is 4.23. The van der Waals surface area contributed by atoms with Crippen molar-refractivity contribution in [2.45, 2.75) is 57.7 Å². The van der Waals surface area contributed by atoms with Gasteiger partial charge in [0.25, 0.3) is 11.8 Å². The lowest BCUT2D eigenvalue weighted by molar-refractivity contribution is -0.137. The number of piperidine rings is 1. The van der Waals surface area contributed by atoms with Gasteiger partial charge < -0.3 is 15.1 Å². The number of rotatable bonds is 5. The van der Waals surface area contributed by atoms with Gasteiger partial charge >= 0.3 is 0 Å². The summed E-state index contributed by atoms with van der Waals surface area (Å²) in [7, 11) is 0. The topological polar surface area (TPSA) is 147 Å². The summed E-state index contributed by atoms with van der Waals surface area (Å²) in [5.74, 6) is -1.72. The second-order valence-electron chi connectivity index (χ2n) is 9.87. The molecule has 1 aromatic carbocycles. The summed E-state index contributed by atoms with van der Waals surface area (Å²) in [6, 6.07) is 4.40. The Kier molecular flexibility index (Phi) is 5.81. The first-order chi connectivity index (χ1) is 17.1. The highest BCUT2D eigenvalue weighted by Crippen LogP contribution is 2.29. The van der Waals surface area contributed by atoms with Gasteiger partial charge in [-0.15, -0.1) is 5.10 Å². The van der Waals surface area contributed by atoms with Crippen LogP contribution >= 0.6 is 0 Å². The standard InChI is InChI=1S/C24H27N7O5/c1-24(2,23(36)29-9-3-4-10-29)26-20(33)17-13-31(28-27-17)15-5-6-16-14(11-15)12-30(22(16)35)18-7-8-19(32)25-21(18)34/h5-6,11,13,18H,3-4,7-10,12H2,1-2H3,(H,26,33)(H,25,32,34). The second kappa shape index (κ2) is 8.85. The molecule has 0 bridgehead atoms. The number of carbonyl (C=O) groups excluding carboxylic acids is 5. The number of aromatic nitrogens is 3. The predicted molar refractivity (Wildman–Crippen MR) is 125 cm³/mol. The molecule has 0 aliphatic carbocycles. The Hall–Kier alpha value is -4.09. The highest BCUT2D eigenvalue weighted by molar-refractivity contribution is 6.05. The fourth-order valence-corrected chi connectivity index (χ4v) is 4.91. The van der Waals surface area contributed by atoms with Crippen molar-refractivity contribution < 1.29 is 24.0 Å². The molecule has 0 radical (unpaired) electrons. The normalized spacial score (nSPS) is 19.9. The van der Waals surface area contributed by atoms with E-state index in [9.17, 15) is 24.0 Å². The molecule has 1 unspecified atom stereocenters. The number of benzene rings is 1. The van der Waals surface area contributed by atoms with E-state index in [0.717, 1.165) is 12.8 Å². The number of hydrogen-bond acceptors (Lipinski definition) is 7. The molecule has 0 spiro atoms. The Morgan fingerprint density at radius 2 is 1.89 bits per heavy atom. The van der Waals surface area contributed by atoms with E-state index in [1.807, 2.05) is 0 Å². The SMILES string of the molecule is CC(C)(NC(=O)c1cn(-c2ccc3c(c2)CN(C2CCC(=O)NC2=O)C3=O)nn1)C(=O)N1CCCC1. The fourth-order valence-electron chi connectivity index (χ4n) is 4.91. The van der Waals surface area contributed by atoms with Crippen molar-refractivity contribution in [3.05, 3.63) is 41.2 Å². The van der Waals surface area contributed by atoms with Gasteiger partial charge in [0.2, 0.25) is 17.7 Å². The second-order valence-corrected chi connectivity index (χ2v) is 9.87. The van der Waals surface area contributed by atoms with Crippen molar-refractivity contribution in [3.63, 3.8) is 0 Å². The number of nitrogens with zero attached hydrogens (tertiary/aromatic N) is 5. The smallest absolute Gasteiger partial charge is 0.274 e. The van der Waals surface area contributed by atoms with Gasteiger partial charge in [-0.05, 0) is 56.9 Å². The van der Waals surface area contributed by atoms with Gasteiger partial charge in [0.05, 0.1) is 11.9 Å². The molecule has 12 nitrogen and oxygen atoms in total. The van der Waals surface area contributed by atoms with Gasteiger partial charge in [-0.3, -0.25) is 29.3 Å². The molecule has 2 saturated heterocycles. The third-order valence-electron chi connectivity index (χ3n) is 6.85. The number of hydrogen-bond donors (Lipinski definition) is 2. The van der Waals surface area contributed by atoms with Gasteiger partial charge in [-0.1, -0.05) is 5.21 Å². The molecule has 4 heterocycles. The van der Waals surface area contributed by atoms with E-state index in [-0.39, 0.29) is 42.8 Å². The minimum Gasteiger partial charge on any atom is -0.341 e. The lowest BCUT2D eigenvalue weighted by Crippen LogP contribution is -2.55. The average molecular weight is 494 g/mol. The van der Waals surface area contributed by atoms with Crippen molar-refractivity contribution in [2.75, 3.05) is 13.1 Å². The van der Waals surface area contributed by atoms with Crippen LogP contribution in [0.2, 0.25) is 0 Å². The Morgan fingerprint density at radius 1 is 1.14 bits per heavy atom. The first-order valence-corrected chi connectivity index (χ1v) is 12.0. The van der Waals surface area contributed by atoms with Gasteiger partial charge in [0.1, 0.15) is 11.6 Å². The molecular formula is C24H27N7O5. The molecule has 188 valence electrons. The van der Waals surface area contributed by atoms with Crippen LogP contribution in [0.4, 0.5) is 0 Å². The Balaban J connectivity index is 1.29. The van der Waals surface area contributed by atoms with Gasteiger partial charge in [-0.25, -0.2) is 4.68 Å². The minimum absolute atomic E-state index is 0.0547. The first kappa shape index (κ1) is 23.6. The van der Waals surface area contributed by atoms with Crippen LogP contribution in [0.3, 0.4) is 0 Å². The molecule has 3 aliphatic heterocycles. The summed E-state index contributed by atoms with van der Waals surface area (Å²) in [6.07, 6.45) is 3.85. The van der Waals surface area contributed by atoms with Crippen LogP contribution in [-0.4, -0.2) is 79.0 Å². The maximum Gasteiger partial charge on any atom is 0.274 e. The molecular weight excluding hydrogens is 466 g/mol. The highest BCUT2D eigenvalue weighted by atomic mass is 16.2. The van der Waals surface area contributed by atoms with E-state index in [1.165, 1.54) is 15.8 Å². The average Bonchev–Trinajstić information content (AvgIpc) is 3.59. The lowest BCUT2D eigenvalue weighted by Gasteiger charge is -2.29. The van der Waals surface area contributed by atoms with Crippen LogP contribution in [0.15, 0.2) is 24.4 Å². The zero-order chi connectivity index (χ0) is 25.6. The summed E-state index contributed by atoms with van der Waals surface area (Å²) < 4.78 is 1.42. The van der Waals surface area contributed by atoms with E-state index in [4.69, 9.17) is 0 Å². The summed E-state index contributed by atoms with van der Waals surface area (Å²) in [5.41, 5.74) is 0.743. The molecule has 12 heteroatoms. The molecule has 3 aliphatic rings. The van der Waals surface area contributed by atoms with E-state index >= 15 is 0 Å². The number of amides is 5. The van der Waals surface area contributed by atoms with Crippen LogP contribution in [0.5, 0.6) is 0 Å². The predicted octanol–water partition coefficient (Wildman–Crippen LogP) is 0.159. The van der Waals surface area contributed by atoms with Crippen molar-refractivity contribution in [2.24, 2.45) is 0 Å². The fraction of sp³-hybridized carbons (Fsp3) is 0.458. The van der Waals surface area contributed by atoms with Gasteiger partial charge in [0.15, 0.2) is 5.69 Å². The summed E-state index contributed by atoms with van der Waals surface area (Å²) in [6.45, 7) is 4.94. The number of nitrogens with one attached hydrogen (secondary N) is 2. The van der Waals surface area contributed by atoms with Crippen molar-refractivity contribution >= 4 is 29.5 Å². The lowest BCUT2D eigenvalue weighted by atomic mass is 10.0. The molecule has 0 saturated carbocycles. The largest absolute Gasteiger partial charge is 0.341 e. The molecule has 36 heavy (non-hydrogen) atoms. The molecule has 1 atom stereocenters. The summed E-state index contributed by atoms with van der Waals surface area (Å²) >= 11 is 0. The quantitative estimate of drug-likeness (QED) is 0.564. The van der Waals surface area contributed by atoms with Crippen LogP contribution in [0, 0.1) is 0 Å². The monoisotopic (exact) mass is 493 g/mol. The number of carbonyl (C=O) groups is 5. The molecule has 5 amide bonds. The van der Waals surface area contributed by atoms with Crippen LogP contribution in [0.25, 0.3) is 5.69 Å². The third-order valence-corrected chi connectivity index (χ3v) is 6.85. The van der Waals surface area contributed by atoms with Crippen molar-refractivity contribution in [3.8, 4) is 5.69 Å². The first-order valence-electron chi connectivity index (χ1n) is 12.0. The molecule has 5 rings (SSSR count). The van der Waals surface area contributed by atoms with E-state index in [0.29, 0.717) is 29.9 Å². The summed E-state index contributed by atoms with van der Waals surface area (Å²) in [4.78, 5) is 65.4. The zero-order valence-corrected chi connectivity index (χ0v) is 20.1. The van der Waals surface area contributed by atoms with Gasteiger partial charge in [-0.2, -0.15) is 0 Å². The van der Waals surface area contributed by atoms with Crippen molar-refractivity contribution in [1.29, 1.82) is 0 Å². The molecule has 2 fully saturated rings. The Labute approximate surface area is 207 Å². The Morgan fingerprint density at radius 3 is 2.61 bits per heavy atom. The number of likely N-dealkylation sites (tertiary alicyclic amines) is 1. The Bertz CT molecular complexity index is 1280. The summed E-state index contributed by atoms with van der Waals surface area (Å²) in [5, 5.41) is 13.0. The molecule has 2 N–H and O–H groups in total. The van der Waals surface area contributed by atoms with Crippen LogP contribution < -0.4 is 10.6 Å². The van der Waals surface area contributed by atoms with E-state index in [2.05, 4.69) is 20.9 Å². The van der Waals surface area contributed by atoms with E-state index < -0.39 is 23.4 Å². The highest BCUT2D eigenvalue weighted by Gasteiger charge is 2.39. The van der Waals surface area contributed by atoms with Crippen molar-refractivity contribution in [1.82, 2.24) is 35.4 Å². The van der Waals surface area contributed by atoms with E-state index in [1.54, 1.807) is 36.9 Å².